The molecule has 0 radical (unpaired) electrons. The summed E-state index contributed by atoms with van der Waals surface area (Å²) >= 11 is 0. The molecule has 0 saturated heterocycles. The third-order valence-corrected chi connectivity index (χ3v) is 5.54. The summed E-state index contributed by atoms with van der Waals surface area (Å²) < 4.78 is 37.9. The Morgan fingerprint density at radius 1 is 0.929 bits per heavy atom. The lowest BCUT2D eigenvalue weighted by atomic mass is 10.1. The molecule has 28 heavy (non-hydrogen) atoms. The second kappa shape index (κ2) is 7.35. The Labute approximate surface area is 162 Å². The quantitative estimate of drug-likeness (QED) is 0.657. The molecule has 0 unspecified atom stereocenters. The Balaban J connectivity index is 1.46. The van der Waals surface area contributed by atoms with Gasteiger partial charge in [0.15, 0.2) is 23.1 Å². The number of hydrogen-bond acceptors (Lipinski definition) is 7. The third kappa shape index (κ3) is 3.84. The van der Waals surface area contributed by atoms with Crippen LogP contribution in [-0.2, 0) is 16.4 Å². The fourth-order valence-electron chi connectivity index (χ4n) is 2.67. The molecule has 0 saturated carbocycles. The second-order valence-electron chi connectivity index (χ2n) is 6.10. The zero-order chi connectivity index (χ0) is 19.6. The van der Waals surface area contributed by atoms with Gasteiger partial charge in [-0.25, -0.2) is 8.42 Å². The van der Waals surface area contributed by atoms with Gasteiger partial charge < -0.3 is 14.8 Å². The van der Waals surface area contributed by atoms with Gasteiger partial charge >= 0.3 is 0 Å². The van der Waals surface area contributed by atoms with Crippen LogP contribution in [-0.4, -0.2) is 25.4 Å². The first-order valence-corrected chi connectivity index (χ1v) is 10.1. The van der Waals surface area contributed by atoms with Crippen LogP contribution in [0, 0.1) is 0 Å². The van der Waals surface area contributed by atoms with Crippen LogP contribution in [0.3, 0.4) is 0 Å². The van der Waals surface area contributed by atoms with Gasteiger partial charge in [-0.2, -0.15) is 0 Å². The van der Waals surface area contributed by atoms with E-state index in [1.165, 1.54) is 17.7 Å². The van der Waals surface area contributed by atoms with Gasteiger partial charge in [-0.05, 0) is 48.4 Å². The van der Waals surface area contributed by atoms with Gasteiger partial charge in [0.1, 0.15) is 0 Å². The molecule has 2 heterocycles. The number of hydrogen-bond donors (Lipinski definition) is 2. The van der Waals surface area contributed by atoms with Crippen molar-refractivity contribution < 1.29 is 17.9 Å². The number of aromatic nitrogens is 2. The van der Waals surface area contributed by atoms with Crippen molar-refractivity contribution in [3.05, 3.63) is 60.2 Å². The minimum absolute atomic E-state index is 0.0526. The van der Waals surface area contributed by atoms with E-state index in [9.17, 15) is 8.42 Å². The highest BCUT2D eigenvalue weighted by atomic mass is 32.2. The van der Waals surface area contributed by atoms with Crippen LogP contribution in [0.15, 0.2) is 59.5 Å². The molecule has 8 nitrogen and oxygen atoms in total. The Hall–Kier alpha value is -3.33. The average molecular weight is 398 g/mol. The van der Waals surface area contributed by atoms with E-state index in [1.54, 1.807) is 18.2 Å². The summed E-state index contributed by atoms with van der Waals surface area (Å²) in [4.78, 5) is 0.0526. The van der Waals surface area contributed by atoms with E-state index < -0.39 is 10.0 Å². The third-order valence-electron chi connectivity index (χ3n) is 4.19. The Kier molecular flexibility index (Phi) is 4.74. The monoisotopic (exact) mass is 398 g/mol. The predicted octanol–water partition coefficient (Wildman–Crippen LogP) is 3.31. The lowest BCUT2D eigenvalue weighted by Crippen LogP contribution is -2.14. The maximum Gasteiger partial charge on any atom is 0.263 e. The molecule has 1 aliphatic rings. The summed E-state index contributed by atoms with van der Waals surface area (Å²) in [7, 11) is -3.82. The molecule has 144 valence electrons. The smallest absolute Gasteiger partial charge is 0.263 e. The Morgan fingerprint density at radius 3 is 2.36 bits per heavy atom. The maximum absolute atomic E-state index is 12.5. The highest BCUT2D eigenvalue weighted by Crippen LogP contribution is 2.34. The number of fused-ring (bicyclic) bond motifs is 1. The topological polar surface area (TPSA) is 102 Å². The second-order valence-corrected chi connectivity index (χ2v) is 7.78. The zero-order valence-electron chi connectivity index (χ0n) is 15.0. The van der Waals surface area contributed by atoms with Crippen molar-refractivity contribution in [2.75, 3.05) is 16.8 Å². The predicted molar refractivity (Wildman–Crippen MR) is 105 cm³/mol. The first-order valence-electron chi connectivity index (χ1n) is 8.66. The number of anilines is 3. The molecule has 0 aliphatic carbocycles. The molecule has 0 fully saturated rings. The van der Waals surface area contributed by atoms with E-state index in [-0.39, 0.29) is 17.5 Å². The van der Waals surface area contributed by atoms with Crippen LogP contribution in [0.1, 0.15) is 12.5 Å². The fraction of sp³-hybridized carbons (Fsp3) is 0.158. The van der Waals surface area contributed by atoms with Crippen molar-refractivity contribution >= 4 is 27.3 Å². The van der Waals surface area contributed by atoms with Crippen molar-refractivity contribution in [3.63, 3.8) is 0 Å². The summed E-state index contributed by atoms with van der Waals surface area (Å²) in [5, 5.41) is 11.1. The van der Waals surface area contributed by atoms with Crippen LogP contribution in [0.4, 0.5) is 17.3 Å². The van der Waals surface area contributed by atoms with Gasteiger partial charge in [0.05, 0.1) is 4.90 Å². The number of benzene rings is 2. The van der Waals surface area contributed by atoms with Crippen LogP contribution in [0.2, 0.25) is 0 Å². The van der Waals surface area contributed by atoms with Crippen LogP contribution < -0.4 is 19.5 Å². The summed E-state index contributed by atoms with van der Waals surface area (Å²) in [5.74, 6) is 1.53. The number of aryl methyl sites for hydroxylation is 1. The fourth-order valence-corrected chi connectivity index (χ4v) is 3.68. The minimum Gasteiger partial charge on any atom is -0.454 e. The van der Waals surface area contributed by atoms with E-state index in [0.717, 1.165) is 12.1 Å². The largest absolute Gasteiger partial charge is 0.454 e. The number of ether oxygens (including phenoxy) is 2. The van der Waals surface area contributed by atoms with E-state index in [1.807, 2.05) is 24.3 Å². The molecule has 1 aliphatic heterocycles. The van der Waals surface area contributed by atoms with Crippen LogP contribution >= 0.6 is 0 Å². The standard InChI is InChI=1S/C19H18N4O4S/c1-2-13-3-5-14(6-4-13)20-18-9-10-19(22-21-18)23-28(24,25)15-7-8-16-17(11-15)27-12-26-16/h3-11H,2,12H2,1H3,(H,20,21)(H,22,23). The van der Waals surface area contributed by atoms with Gasteiger partial charge in [-0.3, -0.25) is 4.72 Å². The molecule has 0 bridgehead atoms. The van der Waals surface area contributed by atoms with Crippen molar-refractivity contribution in [1.82, 2.24) is 10.2 Å². The Morgan fingerprint density at radius 2 is 1.64 bits per heavy atom. The van der Waals surface area contributed by atoms with Crippen molar-refractivity contribution in [2.45, 2.75) is 18.2 Å². The normalized spacial score (nSPS) is 12.6. The van der Waals surface area contributed by atoms with Crippen molar-refractivity contribution in [2.24, 2.45) is 0 Å². The van der Waals surface area contributed by atoms with Gasteiger partial charge in [0, 0.05) is 11.8 Å². The molecular formula is C19H18N4O4S. The SMILES string of the molecule is CCc1ccc(Nc2ccc(NS(=O)(=O)c3ccc4c(c3)OCO4)nn2)cc1. The summed E-state index contributed by atoms with van der Waals surface area (Å²) in [6.07, 6.45) is 0.971. The zero-order valence-corrected chi connectivity index (χ0v) is 15.9. The molecule has 9 heteroatoms. The Bertz CT molecular complexity index is 1080. The molecular weight excluding hydrogens is 380 g/mol. The molecule has 4 rings (SSSR count). The molecule has 0 spiro atoms. The molecule has 3 aromatic rings. The highest BCUT2D eigenvalue weighted by molar-refractivity contribution is 7.92. The van der Waals surface area contributed by atoms with Gasteiger partial charge in [-0.15, -0.1) is 10.2 Å². The molecule has 0 atom stereocenters. The lowest BCUT2D eigenvalue weighted by molar-refractivity contribution is 0.174. The summed E-state index contributed by atoms with van der Waals surface area (Å²) in [6.45, 7) is 2.17. The first-order chi connectivity index (χ1) is 13.5. The molecule has 2 N–H and O–H groups in total. The van der Waals surface area contributed by atoms with E-state index in [2.05, 4.69) is 27.2 Å². The summed E-state index contributed by atoms with van der Waals surface area (Å²) in [6, 6.07) is 15.6. The van der Waals surface area contributed by atoms with Crippen molar-refractivity contribution in [3.8, 4) is 11.5 Å². The first kappa shape index (κ1) is 18.1. The summed E-state index contributed by atoms with van der Waals surface area (Å²) in [5.41, 5.74) is 2.12. The van der Waals surface area contributed by atoms with Gasteiger partial charge in [0.2, 0.25) is 6.79 Å². The van der Waals surface area contributed by atoms with E-state index in [0.29, 0.717) is 17.3 Å². The molecule has 2 aromatic carbocycles. The lowest BCUT2D eigenvalue weighted by Gasteiger charge is -2.09. The molecule has 1 aromatic heterocycles. The van der Waals surface area contributed by atoms with Gasteiger partial charge in [0.25, 0.3) is 10.0 Å². The van der Waals surface area contributed by atoms with Crippen LogP contribution in [0.25, 0.3) is 0 Å². The average Bonchev–Trinajstić information content (AvgIpc) is 3.18. The van der Waals surface area contributed by atoms with E-state index in [4.69, 9.17) is 9.47 Å². The van der Waals surface area contributed by atoms with E-state index >= 15 is 0 Å². The minimum atomic E-state index is -3.82. The highest BCUT2D eigenvalue weighted by Gasteiger charge is 2.20. The molecule has 0 amide bonds. The maximum atomic E-state index is 12.5. The number of sulfonamides is 1. The van der Waals surface area contributed by atoms with Crippen LogP contribution in [0.5, 0.6) is 11.5 Å². The van der Waals surface area contributed by atoms with Crippen molar-refractivity contribution in [1.29, 1.82) is 0 Å². The number of rotatable bonds is 6. The number of nitrogens with zero attached hydrogens (tertiary/aromatic N) is 2. The number of nitrogens with one attached hydrogen (secondary N) is 2. The van der Waals surface area contributed by atoms with Gasteiger partial charge in [-0.1, -0.05) is 19.1 Å².